The van der Waals surface area contributed by atoms with Gasteiger partial charge in [0, 0.05) is 25.9 Å². The highest BCUT2D eigenvalue weighted by Gasteiger charge is 2.25. The van der Waals surface area contributed by atoms with Gasteiger partial charge in [-0.25, -0.2) is 4.68 Å². The first-order valence-electron chi connectivity index (χ1n) is 13.8. The highest BCUT2D eigenvalue weighted by molar-refractivity contribution is 5.76. The number of tetrazole rings is 1. The SMILES string of the molecule is O=C(CCCCc1nnnn1C1CCCCC1)N(CC1CCCCC1)CC1CCCCC1. The quantitative estimate of drug-likeness (QED) is 0.424. The Balaban J connectivity index is 1.24. The molecule has 6 nitrogen and oxygen atoms in total. The average Bonchev–Trinajstić information content (AvgIpc) is 3.32. The van der Waals surface area contributed by atoms with Crippen LogP contribution in [0.5, 0.6) is 0 Å². The second kappa shape index (κ2) is 12.7. The lowest BCUT2D eigenvalue weighted by Gasteiger charge is -2.34. The van der Waals surface area contributed by atoms with Crippen molar-refractivity contribution in [2.45, 2.75) is 128 Å². The number of unbranched alkanes of at least 4 members (excludes halogenated alkanes) is 1. The first-order chi connectivity index (χ1) is 15.8. The topological polar surface area (TPSA) is 63.9 Å². The molecule has 0 saturated heterocycles. The molecule has 3 aliphatic rings. The zero-order valence-electron chi connectivity index (χ0n) is 20.2. The summed E-state index contributed by atoms with van der Waals surface area (Å²) in [6, 6.07) is 0.483. The molecule has 0 unspecified atom stereocenters. The summed E-state index contributed by atoms with van der Waals surface area (Å²) in [6.07, 6.45) is 23.3. The average molecular weight is 444 g/mol. The van der Waals surface area contributed by atoms with Crippen LogP contribution in [0, 0.1) is 11.8 Å². The Kier molecular flexibility index (Phi) is 9.40. The van der Waals surface area contributed by atoms with E-state index in [0.29, 0.717) is 18.4 Å². The molecule has 1 aromatic heterocycles. The van der Waals surface area contributed by atoms with E-state index in [1.807, 2.05) is 0 Å². The summed E-state index contributed by atoms with van der Waals surface area (Å²) in [5, 5.41) is 12.6. The van der Waals surface area contributed by atoms with E-state index < -0.39 is 0 Å². The molecule has 0 bridgehead atoms. The summed E-state index contributed by atoms with van der Waals surface area (Å²) >= 11 is 0. The van der Waals surface area contributed by atoms with E-state index in [1.165, 1.54) is 96.3 Å². The first-order valence-corrected chi connectivity index (χ1v) is 13.8. The molecular formula is C26H45N5O. The number of carbonyl (C=O) groups excluding carboxylic acids is 1. The summed E-state index contributed by atoms with van der Waals surface area (Å²) < 4.78 is 2.08. The number of nitrogens with zero attached hydrogens (tertiary/aromatic N) is 5. The minimum Gasteiger partial charge on any atom is -0.342 e. The predicted molar refractivity (Wildman–Crippen MR) is 127 cm³/mol. The molecule has 4 rings (SSSR count). The van der Waals surface area contributed by atoms with Crippen LogP contribution in [0.1, 0.15) is 127 Å². The minimum absolute atomic E-state index is 0.396. The number of rotatable bonds is 10. The van der Waals surface area contributed by atoms with Gasteiger partial charge in [0.05, 0.1) is 6.04 Å². The Morgan fingerprint density at radius 3 is 1.94 bits per heavy atom. The maximum Gasteiger partial charge on any atom is 0.222 e. The van der Waals surface area contributed by atoms with E-state index in [4.69, 9.17) is 0 Å². The van der Waals surface area contributed by atoms with Crippen LogP contribution in [0.4, 0.5) is 0 Å². The van der Waals surface area contributed by atoms with Gasteiger partial charge in [0.2, 0.25) is 5.91 Å². The normalized spacial score (nSPS) is 21.6. The molecule has 0 radical (unpaired) electrons. The van der Waals surface area contributed by atoms with Gasteiger partial charge >= 0.3 is 0 Å². The summed E-state index contributed by atoms with van der Waals surface area (Å²) in [5.74, 6) is 2.88. The third-order valence-electron chi connectivity index (χ3n) is 8.28. The fraction of sp³-hybridized carbons (Fsp3) is 0.923. The molecule has 0 atom stereocenters. The first kappa shape index (κ1) is 23.7. The molecular weight excluding hydrogens is 398 g/mol. The van der Waals surface area contributed by atoms with Gasteiger partial charge in [-0.1, -0.05) is 57.8 Å². The van der Waals surface area contributed by atoms with Crippen molar-refractivity contribution in [1.82, 2.24) is 25.1 Å². The van der Waals surface area contributed by atoms with Crippen molar-refractivity contribution >= 4 is 5.91 Å². The lowest BCUT2D eigenvalue weighted by Crippen LogP contribution is -2.39. The predicted octanol–water partition coefficient (Wildman–Crippen LogP) is 5.88. The second-order valence-electron chi connectivity index (χ2n) is 10.8. The molecule has 3 fully saturated rings. The van der Waals surface area contributed by atoms with Gasteiger partial charge in [-0.2, -0.15) is 0 Å². The lowest BCUT2D eigenvalue weighted by atomic mass is 9.86. The fourth-order valence-electron chi connectivity index (χ4n) is 6.34. The van der Waals surface area contributed by atoms with E-state index in [1.54, 1.807) is 0 Å². The Bertz CT molecular complexity index is 652. The molecule has 3 saturated carbocycles. The summed E-state index contributed by atoms with van der Waals surface area (Å²) in [5.41, 5.74) is 0. The van der Waals surface area contributed by atoms with Crippen LogP contribution in [-0.2, 0) is 11.2 Å². The van der Waals surface area contributed by atoms with E-state index >= 15 is 0 Å². The second-order valence-corrected chi connectivity index (χ2v) is 10.8. The van der Waals surface area contributed by atoms with Gasteiger partial charge in [0.15, 0.2) is 5.82 Å². The van der Waals surface area contributed by atoms with Gasteiger partial charge in [-0.3, -0.25) is 4.79 Å². The maximum atomic E-state index is 13.2. The molecule has 6 heteroatoms. The van der Waals surface area contributed by atoms with Crippen LogP contribution in [0.25, 0.3) is 0 Å². The molecule has 1 amide bonds. The molecule has 0 spiro atoms. The molecule has 32 heavy (non-hydrogen) atoms. The Morgan fingerprint density at radius 2 is 1.34 bits per heavy atom. The standard InChI is InChI=1S/C26H45N5O/c32-26(19-11-10-18-25-27-28-29-31(25)24-16-8-3-9-17-24)30(20-22-12-4-1-5-13-22)21-23-14-6-2-7-15-23/h22-24H,1-21H2. The Morgan fingerprint density at radius 1 is 0.781 bits per heavy atom. The van der Waals surface area contributed by atoms with E-state index in [2.05, 4.69) is 25.1 Å². The van der Waals surface area contributed by atoms with Crippen LogP contribution in [0.2, 0.25) is 0 Å². The molecule has 3 aliphatic carbocycles. The molecule has 1 heterocycles. The van der Waals surface area contributed by atoms with Gasteiger partial charge in [-0.05, 0) is 73.6 Å². The van der Waals surface area contributed by atoms with Gasteiger partial charge in [0.25, 0.3) is 0 Å². The van der Waals surface area contributed by atoms with Crippen molar-refractivity contribution < 1.29 is 4.79 Å². The van der Waals surface area contributed by atoms with Crippen molar-refractivity contribution in [1.29, 1.82) is 0 Å². The smallest absolute Gasteiger partial charge is 0.222 e. The lowest BCUT2D eigenvalue weighted by molar-refractivity contribution is -0.133. The van der Waals surface area contributed by atoms with Gasteiger partial charge in [0.1, 0.15) is 0 Å². The van der Waals surface area contributed by atoms with Crippen molar-refractivity contribution in [2.75, 3.05) is 13.1 Å². The number of amides is 1. The van der Waals surface area contributed by atoms with Crippen molar-refractivity contribution in [3.8, 4) is 0 Å². The van der Waals surface area contributed by atoms with E-state index in [-0.39, 0.29) is 0 Å². The Hall–Kier alpha value is -1.46. The summed E-state index contributed by atoms with van der Waals surface area (Å²) in [4.78, 5) is 15.5. The Labute approximate surface area is 194 Å². The van der Waals surface area contributed by atoms with Crippen LogP contribution in [-0.4, -0.2) is 44.1 Å². The third kappa shape index (κ3) is 7.02. The third-order valence-corrected chi connectivity index (χ3v) is 8.28. The number of aromatic nitrogens is 4. The van der Waals surface area contributed by atoms with Crippen LogP contribution < -0.4 is 0 Å². The summed E-state index contributed by atoms with van der Waals surface area (Å²) in [6.45, 7) is 2.02. The summed E-state index contributed by atoms with van der Waals surface area (Å²) in [7, 11) is 0. The maximum absolute atomic E-state index is 13.2. The van der Waals surface area contributed by atoms with Gasteiger partial charge < -0.3 is 4.90 Å². The minimum atomic E-state index is 0.396. The van der Waals surface area contributed by atoms with Crippen molar-refractivity contribution in [3.63, 3.8) is 0 Å². The zero-order valence-corrected chi connectivity index (χ0v) is 20.2. The van der Waals surface area contributed by atoms with Crippen molar-refractivity contribution in [2.24, 2.45) is 11.8 Å². The van der Waals surface area contributed by atoms with Gasteiger partial charge in [-0.15, -0.1) is 5.10 Å². The number of carbonyl (C=O) groups is 1. The zero-order chi connectivity index (χ0) is 22.0. The molecule has 1 aromatic rings. The monoisotopic (exact) mass is 443 g/mol. The highest BCUT2D eigenvalue weighted by Crippen LogP contribution is 2.29. The molecule has 180 valence electrons. The van der Waals surface area contributed by atoms with Crippen LogP contribution in [0.15, 0.2) is 0 Å². The van der Waals surface area contributed by atoms with E-state index in [9.17, 15) is 4.79 Å². The van der Waals surface area contributed by atoms with Crippen LogP contribution in [0.3, 0.4) is 0 Å². The highest BCUT2D eigenvalue weighted by atomic mass is 16.2. The van der Waals surface area contributed by atoms with Crippen molar-refractivity contribution in [3.05, 3.63) is 5.82 Å². The largest absolute Gasteiger partial charge is 0.342 e. The molecule has 0 aliphatic heterocycles. The fourth-order valence-corrected chi connectivity index (χ4v) is 6.34. The molecule has 0 aromatic carbocycles. The number of aryl methyl sites for hydroxylation is 1. The van der Waals surface area contributed by atoms with Crippen LogP contribution >= 0.6 is 0 Å². The number of hydrogen-bond donors (Lipinski definition) is 0. The number of hydrogen-bond acceptors (Lipinski definition) is 4. The molecule has 0 N–H and O–H groups in total. The van der Waals surface area contributed by atoms with E-state index in [0.717, 1.165) is 50.0 Å².